The molecule has 1 N–H and O–H groups in total. The van der Waals surface area contributed by atoms with E-state index in [9.17, 15) is 14.0 Å². The van der Waals surface area contributed by atoms with Crippen molar-refractivity contribution in [3.05, 3.63) is 46.1 Å². The van der Waals surface area contributed by atoms with Crippen LogP contribution in [0.15, 0.2) is 29.2 Å². The predicted molar refractivity (Wildman–Crippen MR) is 112 cm³/mol. The van der Waals surface area contributed by atoms with Crippen LogP contribution in [0.4, 0.5) is 9.39 Å². The Kier molecular flexibility index (Phi) is 7.50. The van der Waals surface area contributed by atoms with Gasteiger partial charge in [0, 0.05) is 16.2 Å². The van der Waals surface area contributed by atoms with Crippen molar-refractivity contribution in [3.63, 3.8) is 0 Å². The number of methoxy groups -OCH3 is 1. The Labute approximate surface area is 172 Å². The number of benzene rings is 1. The van der Waals surface area contributed by atoms with Gasteiger partial charge in [0.05, 0.1) is 12.7 Å². The van der Waals surface area contributed by atoms with E-state index in [2.05, 4.69) is 5.32 Å². The molecular formula is C21H24FNO3S2. The molecule has 28 heavy (non-hydrogen) atoms. The van der Waals surface area contributed by atoms with Crippen LogP contribution in [0.2, 0.25) is 0 Å². The van der Waals surface area contributed by atoms with Crippen molar-refractivity contribution in [1.82, 2.24) is 0 Å². The quantitative estimate of drug-likeness (QED) is 0.279. The number of esters is 1. The highest BCUT2D eigenvalue weighted by Crippen LogP contribution is 2.38. The number of thioether (sulfide) groups is 1. The second-order valence-electron chi connectivity index (χ2n) is 6.71. The van der Waals surface area contributed by atoms with Crippen LogP contribution in [0.5, 0.6) is 0 Å². The lowest BCUT2D eigenvalue weighted by Gasteiger charge is -2.07. The molecule has 2 aromatic rings. The van der Waals surface area contributed by atoms with E-state index in [1.165, 1.54) is 35.5 Å². The minimum Gasteiger partial charge on any atom is -0.465 e. The number of thiophene rings is 1. The molecule has 1 aliphatic carbocycles. The van der Waals surface area contributed by atoms with Crippen molar-refractivity contribution < 1.29 is 18.7 Å². The first-order valence-corrected chi connectivity index (χ1v) is 11.3. The van der Waals surface area contributed by atoms with Gasteiger partial charge in [-0.3, -0.25) is 4.79 Å². The third kappa shape index (κ3) is 5.35. The number of carbonyl (C=O) groups excluding carboxylic acids is 2. The predicted octanol–water partition coefficient (Wildman–Crippen LogP) is 5.45. The summed E-state index contributed by atoms with van der Waals surface area (Å²) in [6.45, 7) is 0. The summed E-state index contributed by atoms with van der Waals surface area (Å²) in [5.41, 5.74) is 1.59. The second-order valence-corrected chi connectivity index (χ2v) is 8.99. The standard InChI is InChI=1S/C21H24FNO3S2/c1-26-21(25)19-16-6-3-2-4-7-17(16)28-20(19)23-18(24)8-5-13-27-15-11-9-14(22)10-12-15/h9-12H,2-8,13H2,1H3,(H,23,24). The molecule has 0 saturated heterocycles. The maximum Gasteiger partial charge on any atom is 0.341 e. The molecule has 3 rings (SSSR count). The number of nitrogens with one attached hydrogen (secondary N) is 1. The molecule has 0 fully saturated rings. The summed E-state index contributed by atoms with van der Waals surface area (Å²) in [5, 5.41) is 3.55. The topological polar surface area (TPSA) is 55.4 Å². The van der Waals surface area contributed by atoms with Crippen LogP contribution in [0, 0.1) is 5.82 Å². The molecule has 0 spiro atoms. The summed E-state index contributed by atoms with van der Waals surface area (Å²) in [5.74, 6) is 0.0476. The summed E-state index contributed by atoms with van der Waals surface area (Å²) in [6.07, 6.45) is 6.22. The first-order chi connectivity index (χ1) is 13.6. The van der Waals surface area contributed by atoms with E-state index in [4.69, 9.17) is 4.74 Å². The molecule has 0 bridgehead atoms. The Morgan fingerprint density at radius 1 is 1.18 bits per heavy atom. The molecule has 7 heteroatoms. The Balaban J connectivity index is 1.57. The van der Waals surface area contributed by atoms with Crippen molar-refractivity contribution in [2.75, 3.05) is 18.2 Å². The fourth-order valence-corrected chi connectivity index (χ4v) is 5.44. The highest BCUT2D eigenvalue weighted by atomic mass is 32.2. The molecule has 1 heterocycles. The zero-order valence-corrected chi connectivity index (χ0v) is 17.5. The van der Waals surface area contributed by atoms with Gasteiger partial charge in [0.2, 0.25) is 5.91 Å². The molecule has 0 atom stereocenters. The van der Waals surface area contributed by atoms with Crippen LogP contribution < -0.4 is 5.32 Å². The van der Waals surface area contributed by atoms with Gasteiger partial charge in [0.15, 0.2) is 0 Å². The molecule has 0 unspecified atom stereocenters. The highest BCUT2D eigenvalue weighted by Gasteiger charge is 2.26. The smallest absolute Gasteiger partial charge is 0.341 e. The van der Waals surface area contributed by atoms with Crippen LogP contribution in [0.25, 0.3) is 0 Å². The highest BCUT2D eigenvalue weighted by molar-refractivity contribution is 7.99. The fourth-order valence-electron chi connectivity index (χ4n) is 3.29. The normalized spacial score (nSPS) is 13.5. The molecule has 0 radical (unpaired) electrons. The van der Waals surface area contributed by atoms with E-state index in [0.29, 0.717) is 23.4 Å². The van der Waals surface area contributed by atoms with Crippen LogP contribution in [-0.2, 0) is 22.4 Å². The summed E-state index contributed by atoms with van der Waals surface area (Å²) in [4.78, 5) is 26.9. The Bertz CT molecular complexity index is 833. The summed E-state index contributed by atoms with van der Waals surface area (Å²) in [7, 11) is 1.38. The number of halogens is 1. The third-order valence-electron chi connectivity index (χ3n) is 4.69. The minimum absolute atomic E-state index is 0.0960. The first-order valence-electron chi connectivity index (χ1n) is 9.49. The van der Waals surface area contributed by atoms with Crippen molar-refractivity contribution in [2.45, 2.75) is 49.8 Å². The Morgan fingerprint density at radius 3 is 2.68 bits per heavy atom. The van der Waals surface area contributed by atoms with Crippen molar-refractivity contribution in [1.29, 1.82) is 0 Å². The Hall–Kier alpha value is -1.86. The van der Waals surface area contributed by atoms with Crippen LogP contribution >= 0.6 is 23.1 Å². The number of aryl methyl sites for hydroxylation is 1. The van der Waals surface area contributed by atoms with Gasteiger partial charge in [-0.1, -0.05) is 6.42 Å². The number of ether oxygens (including phenoxy) is 1. The summed E-state index contributed by atoms with van der Waals surface area (Å²) in [6, 6.07) is 6.34. The average molecular weight is 422 g/mol. The van der Waals surface area contributed by atoms with Gasteiger partial charge in [-0.2, -0.15) is 0 Å². The van der Waals surface area contributed by atoms with Gasteiger partial charge in [-0.15, -0.1) is 23.1 Å². The molecule has 1 aromatic carbocycles. The van der Waals surface area contributed by atoms with E-state index in [1.807, 2.05) is 0 Å². The second kappa shape index (κ2) is 10.1. The number of hydrogen-bond donors (Lipinski definition) is 1. The van der Waals surface area contributed by atoms with Gasteiger partial charge in [0.25, 0.3) is 0 Å². The number of carbonyl (C=O) groups is 2. The summed E-state index contributed by atoms with van der Waals surface area (Å²) >= 11 is 3.11. The zero-order chi connectivity index (χ0) is 19.9. The SMILES string of the molecule is COC(=O)c1c(NC(=O)CCCSc2ccc(F)cc2)sc2c1CCCCC2. The molecule has 0 saturated carbocycles. The molecule has 150 valence electrons. The molecule has 1 aromatic heterocycles. The first kappa shape index (κ1) is 20.9. The van der Waals surface area contributed by atoms with E-state index in [0.717, 1.165) is 48.3 Å². The zero-order valence-electron chi connectivity index (χ0n) is 15.9. The monoisotopic (exact) mass is 421 g/mol. The van der Waals surface area contributed by atoms with Crippen molar-refractivity contribution >= 4 is 40.0 Å². The summed E-state index contributed by atoms with van der Waals surface area (Å²) < 4.78 is 17.9. The van der Waals surface area contributed by atoms with Gasteiger partial charge < -0.3 is 10.1 Å². The lowest BCUT2D eigenvalue weighted by atomic mass is 10.1. The van der Waals surface area contributed by atoms with E-state index in [1.54, 1.807) is 23.9 Å². The van der Waals surface area contributed by atoms with E-state index in [-0.39, 0.29) is 17.7 Å². The molecule has 4 nitrogen and oxygen atoms in total. The third-order valence-corrected chi connectivity index (χ3v) is 7.00. The van der Waals surface area contributed by atoms with Crippen molar-refractivity contribution in [2.24, 2.45) is 0 Å². The van der Waals surface area contributed by atoms with Crippen LogP contribution in [-0.4, -0.2) is 24.7 Å². The van der Waals surface area contributed by atoms with E-state index < -0.39 is 0 Å². The minimum atomic E-state index is -0.374. The average Bonchev–Trinajstić information content (AvgIpc) is 2.86. The number of amides is 1. The van der Waals surface area contributed by atoms with Gasteiger partial charge in [0.1, 0.15) is 10.8 Å². The number of fused-ring (bicyclic) bond motifs is 1. The number of hydrogen-bond acceptors (Lipinski definition) is 5. The van der Waals surface area contributed by atoms with Crippen LogP contribution in [0.3, 0.4) is 0 Å². The van der Waals surface area contributed by atoms with Gasteiger partial charge >= 0.3 is 5.97 Å². The molecular weight excluding hydrogens is 397 g/mol. The molecule has 0 aliphatic heterocycles. The lowest BCUT2D eigenvalue weighted by Crippen LogP contribution is -2.14. The lowest BCUT2D eigenvalue weighted by molar-refractivity contribution is -0.116. The Morgan fingerprint density at radius 2 is 1.93 bits per heavy atom. The largest absolute Gasteiger partial charge is 0.465 e. The molecule has 1 aliphatic rings. The van der Waals surface area contributed by atoms with E-state index >= 15 is 0 Å². The number of rotatable bonds is 7. The van der Waals surface area contributed by atoms with Crippen molar-refractivity contribution in [3.8, 4) is 0 Å². The maximum absolute atomic E-state index is 12.9. The number of anilines is 1. The maximum atomic E-state index is 12.9. The van der Waals surface area contributed by atoms with Gasteiger partial charge in [-0.25, -0.2) is 9.18 Å². The van der Waals surface area contributed by atoms with Crippen LogP contribution in [0.1, 0.15) is 52.9 Å². The molecule has 1 amide bonds. The van der Waals surface area contributed by atoms with Gasteiger partial charge in [-0.05, 0) is 67.7 Å². The fraction of sp³-hybridized carbons (Fsp3) is 0.429.